The summed E-state index contributed by atoms with van der Waals surface area (Å²) in [6.45, 7) is 1.64. The first-order valence-corrected chi connectivity index (χ1v) is 5.60. The minimum Gasteiger partial charge on any atom is -0.271 e. The third-order valence-corrected chi connectivity index (χ3v) is 2.66. The number of hydrogen-bond acceptors (Lipinski definition) is 4. The SMILES string of the molecule is Cc1nn(C)c(F)c1/C=N/NC(=O)c1[nH]ncc1Cl. The highest BCUT2D eigenvalue weighted by atomic mass is 35.5. The van der Waals surface area contributed by atoms with Crippen molar-refractivity contribution in [2.75, 3.05) is 0 Å². The summed E-state index contributed by atoms with van der Waals surface area (Å²) >= 11 is 5.70. The number of aromatic nitrogens is 4. The zero-order chi connectivity index (χ0) is 14.0. The molecule has 7 nitrogen and oxygen atoms in total. The van der Waals surface area contributed by atoms with E-state index >= 15 is 0 Å². The maximum absolute atomic E-state index is 13.5. The summed E-state index contributed by atoms with van der Waals surface area (Å²) in [5.74, 6) is -1.10. The lowest BCUT2D eigenvalue weighted by molar-refractivity contribution is 0.0950. The molecule has 0 saturated heterocycles. The van der Waals surface area contributed by atoms with Crippen LogP contribution in [0.1, 0.15) is 21.7 Å². The van der Waals surface area contributed by atoms with Crippen LogP contribution >= 0.6 is 11.6 Å². The van der Waals surface area contributed by atoms with Gasteiger partial charge in [0, 0.05) is 7.05 Å². The summed E-state index contributed by atoms with van der Waals surface area (Å²) in [6, 6.07) is 0. The normalized spacial score (nSPS) is 11.2. The zero-order valence-corrected chi connectivity index (χ0v) is 10.9. The third kappa shape index (κ3) is 2.63. The molecule has 0 radical (unpaired) electrons. The molecule has 1 amide bonds. The molecular formula is C10H10ClFN6O. The lowest BCUT2D eigenvalue weighted by Crippen LogP contribution is -2.18. The lowest BCUT2D eigenvalue weighted by Gasteiger charge is -1.96. The highest BCUT2D eigenvalue weighted by Gasteiger charge is 2.13. The van der Waals surface area contributed by atoms with E-state index in [-0.39, 0.29) is 16.3 Å². The van der Waals surface area contributed by atoms with E-state index in [0.29, 0.717) is 5.69 Å². The molecule has 0 atom stereocenters. The van der Waals surface area contributed by atoms with Crippen LogP contribution in [0, 0.1) is 12.9 Å². The number of aromatic amines is 1. The number of amides is 1. The van der Waals surface area contributed by atoms with Crippen LogP contribution in [0.5, 0.6) is 0 Å². The molecule has 2 heterocycles. The van der Waals surface area contributed by atoms with Gasteiger partial charge in [-0.1, -0.05) is 11.6 Å². The second-order valence-electron chi connectivity index (χ2n) is 3.71. The average molecular weight is 285 g/mol. The topological polar surface area (TPSA) is 88.0 Å². The minimum atomic E-state index is -0.569. The Labute approximate surface area is 112 Å². The van der Waals surface area contributed by atoms with Gasteiger partial charge in [0.05, 0.1) is 28.7 Å². The standard InChI is InChI=1S/C10H10ClFN6O/c1-5-6(9(12)18(2)17-5)3-13-16-10(19)8-7(11)4-14-15-8/h3-4H,1-2H3,(H,14,15)(H,16,19)/b13-3+. The van der Waals surface area contributed by atoms with E-state index in [9.17, 15) is 9.18 Å². The highest BCUT2D eigenvalue weighted by molar-refractivity contribution is 6.33. The Bertz CT molecular complexity index is 646. The van der Waals surface area contributed by atoms with E-state index in [0.717, 1.165) is 4.68 Å². The average Bonchev–Trinajstić information content (AvgIpc) is 2.88. The number of H-pyrrole nitrogens is 1. The van der Waals surface area contributed by atoms with Gasteiger partial charge in [-0.2, -0.15) is 19.7 Å². The lowest BCUT2D eigenvalue weighted by atomic mass is 10.3. The Kier molecular flexibility index (Phi) is 3.61. The number of rotatable bonds is 3. The van der Waals surface area contributed by atoms with E-state index in [1.54, 1.807) is 6.92 Å². The molecule has 9 heteroatoms. The number of halogens is 2. The maximum atomic E-state index is 13.5. The molecule has 0 bridgehead atoms. The van der Waals surface area contributed by atoms with Crippen LogP contribution in [-0.4, -0.2) is 32.1 Å². The van der Waals surface area contributed by atoms with Gasteiger partial charge in [-0.25, -0.2) is 10.1 Å². The zero-order valence-electron chi connectivity index (χ0n) is 10.1. The van der Waals surface area contributed by atoms with Crippen molar-refractivity contribution in [1.29, 1.82) is 0 Å². The second kappa shape index (κ2) is 5.19. The molecule has 2 rings (SSSR count). The smallest absolute Gasteiger partial charge is 0.271 e. The van der Waals surface area contributed by atoms with Gasteiger partial charge >= 0.3 is 0 Å². The summed E-state index contributed by atoms with van der Waals surface area (Å²) in [5.41, 5.74) is 2.97. The fourth-order valence-electron chi connectivity index (χ4n) is 1.44. The fourth-order valence-corrected chi connectivity index (χ4v) is 1.61. The Hall–Kier alpha value is -2.22. The van der Waals surface area contributed by atoms with E-state index in [2.05, 4.69) is 25.8 Å². The van der Waals surface area contributed by atoms with E-state index < -0.39 is 11.9 Å². The first-order chi connectivity index (χ1) is 9.00. The number of hydrogen-bond donors (Lipinski definition) is 2. The number of nitrogens with zero attached hydrogens (tertiary/aromatic N) is 4. The number of hydrazone groups is 1. The molecule has 2 aromatic heterocycles. The Morgan fingerprint density at radius 1 is 1.68 bits per heavy atom. The maximum Gasteiger partial charge on any atom is 0.290 e. The summed E-state index contributed by atoms with van der Waals surface area (Å²) < 4.78 is 14.6. The third-order valence-electron chi connectivity index (χ3n) is 2.38. The van der Waals surface area contributed by atoms with Gasteiger partial charge in [-0.15, -0.1) is 0 Å². The first-order valence-electron chi connectivity index (χ1n) is 5.22. The van der Waals surface area contributed by atoms with Crippen molar-refractivity contribution in [3.8, 4) is 0 Å². The predicted octanol–water partition coefficient (Wildman–Crippen LogP) is 1.01. The fraction of sp³-hybridized carbons (Fsp3) is 0.200. The predicted molar refractivity (Wildman–Crippen MR) is 66.6 cm³/mol. The van der Waals surface area contributed by atoms with Crippen molar-refractivity contribution in [2.45, 2.75) is 6.92 Å². The van der Waals surface area contributed by atoms with Crippen LogP contribution in [0.4, 0.5) is 4.39 Å². The molecular weight excluding hydrogens is 275 g/mol. The molecule has 0 fully saturated rings. The molecule has 0 saturated carbocycles. The molecule has 0 spiro atoms. The van der Waals surface area contributed by atoms with Crippen LogP contribution in [0.25, 0.3) is 0 Å². The van der Waals surface area contributed by atoms with Gasteiger partial charge in [0.1, 0.15) is 5.69 Å². The van der Waals surface area contributed by atoms with Crippen molar-refractivity contribution in [3.63, 3.8) is 0 Å². The van der Waals surface area contributed by atoms with Gasteiger partial charge in [-0.05, 0) is 6.92 Å². The molecule has 2 N–H and O–H groups in total. The molecule has 0 aromatic carbocycles. The molecule has 19 heavy (non-hydrogen) atoms. The van der Waals surface area contributed by atoms with Crippen LogP contribution in [-0.2, 0) is 7.05 Å². The highest BCUT2D eigenvalue weighted by Crippen LogP contribution is 2.11. The monoisotopic (exact) mass is 284 g/mol. The van der Waals surface area contributed by atoms with Crippen LogP contribution in [0.15, 0.2) is 11.3 Å². The summed E-state index contributed by atoms with van der Waals surface area (Å²) in [6.07, 6.45) is 2.48. The van der Waals surface area contributed by atoms with Crippen LogP contribution in [0.2, 0.25) is 5.02 Å². The van der Waals surface area contributed by atoms with Crippen LogP contribution < -0.4 is 5.43 Å². The summed E-state index contributed by atoms with van der Waals surface area (Å²) in [4.78, 5) is 11.6. The quantitative estimate of drug-likeness (QED) is 0.651. The number of aryl methyl sites for hydroxylation is 2. The molecule has 0 aliphatic rings. The van der Waals surface area contributed by atoms with Gasteiger partial charge in [0.2, 0.25) is 5.95 Å². The van der Waals surface area contributed by atoms with Crippen molar-refractivity contribution >= 4 is 23.7 Å². The van der Waals surface area contributed by atoms with Gasteiger partial charge in [0.25, 0.3) is 5.91 Å². The number of carbonyl (C=O) groups excluding carboxylic acids is 1. The summed E-state index contributed by atoms with van der Waals surface area (Å²) in [7, 11) is 1.47. The Balaban J connectivity index is 2.09. The van der Waals surface area contributed by atoms with E-state index in [1.165, 1.54) is 19.5 Å². The van der Waals surface area contributed by atoms with Crippen molar-refractivity contribution in [2.24, 2.45) is 12.1 Å². The molecule has 0 aliphatic carbocycles. The first kappa shape index (κ1) is 13.2. The molecule has 0 aliphatic heterocycles. The van der Waals surface area contributed by atoms with Crippen molar-refractivity contribution in [1.82, 2.24) is 25.4 Å². The number of nitrogens with one attached hydrogen (secondary N) is 2. The second-order valence-corrected chi connectivity index (χ2v) is 4.11. The van der Waals surface area contributed by atoms with Crippen molar-refractivity contribution < 1.29 is 9.18 Å². The van der Waals surface area contributed by atoms with E-state index in [4.69, 9.17) is 11.6 Å². The molecule has 2 aromatic rings. The largest absolute Gasteiger partial charge is 0.290 e. The van der Waals surface area contributed by atoms with E-state index in [1.807, 2.05) is 0 Å². The van der Waals surface area contributed by atoms with Gasteiger partial charge in [-0.3, -0.25) is 9.89 Å². The summed E-state index contributed by atoms with van der Waals surface area (Å²) in [5, 5.41) is 13.7. The molecule has 100 valence electrons. The number of carbonyl (C=O) groups is 1. The Morgan fingerprint density at radius 3 is 2.95 bits per heavy atom. The van der Waals surface area contributed by atoms with Gasteiger partial charge in [0.15, 0.2) is 0 Å². The van der Waals surface area contributed by atoms with Gasteiger partial charge < -0.3 is 0 Å². The Morgan fingerprint density at radius 2 is 2.42 bits per heavy atom. The molecule has 0 unspecified atom stereocenters. The van der Waals surface area contributed by atoms with Crippen LogP contribution in [0.3, 0.4) is 0 Å². The van der Waals surface area contributed by atoms with Crippen molar-refractivity contribution in [3.05, 3.63) is 34.1 Å². The minimum absolute atomic E-state index is 0.0854.